The average Bonchev–Trinajstić information content (AvgIpc) is 2.79. The lowest BCUT2D eigenvalue weighted by molar-refractivity contribution is -0.140. The van der Waals surface area contributed by atoms with Gasteiger partial charge in [0.25, 0.3) is 0 Å². The summed E-state index contributed by atoms with van der Waals surface area (Å²) in [5.41, 5.74) is 2.62. The van der Waals surface area contributed by atoms with E-state index in [9.17, 15) is 18.0 Å². The third-order valence-corrected chi connectivity index (χ3v) is 6.72. The van der Waals surface area contributed by atoms with Crippen LogP contribution in [0.1, 0.15) is 44.7 Å². The molecule has 2 rings (SSSR count). The van der Waals surface area contributed by atoms with Gasteiger partial charge in [0.05, 0.1) is 11.9 Å². The monoisotopic (exact) mass is 487 g/mol. The number of nitrogens with zero attached hydrogens (tertiary/aromatic N) is 2. The third-order valence-electron chi connectivity index (χ3n) is 5.52. The Kier molecular flexibility index (Phi) is 10.1. The van der Waals surface area contributed by atoms with Gasteiger partial charge in [0.2, 0.25) is 21.8 Å². The minimum Gasteiger partial charge on any atom is -0.354 e. The molecule has 0 aliphatic heterocycles. The molecular weight excluding hydrogens is 450 g/mol. The van der Waals surface area contributed by atoms with E-state index in [0.29, 0.717) is 31.1 Å². The molecule has 2 amide bonds. The molecule has 8 heteroatoms. The molecule has 0 heterocycles. The lowest BCUT2D eigenvalue weighted by Crippen LogP contribution is -2.48. The van der Waals surface area contributed by atoms with Gasteiger partial charge in [-0.05, 0) is 43.9 Å². The van der Waals surface area contributed by atoms with E-state index < -0.39 is 16.1 Å². The summed E-state index contributed by atoms with van der Waals surface area (Å²) in [5, 5.41) is 2.91. The Morgan fingerprint density at radius 2 is 1.59 bits per heavy atom. The molecule has 0 spiro atoms. The molecule has 186 valence electrons. The van der Waals surface area contributed by atoms with Crippen molar-refractivity contribution in [3.63, 3.8) is 0 Å². The van der Waals surface area contributed by atoms with Gasteiger partial charge in [-0.3, -0.25) is 13.9 Å². The number of amides is 2. The average molecular weight is 488 g/mol. The number of sulfonamides is 1. The molecule has 0 aromatic heterocycles. The Labute approximate surface area is 204 Å². The second-order valence-corrected chi connectivity index (χ2v) is 11.0. The normalized spacial score (nSPS) is 12.3. The van der Waals surface area contributed by atoms with Gasteiger partial charge in [0.15, 0.2) is 0 Å². The standard InChI is InChI=1S/C26H37N3O4S/c1-20(2)18-27-26(31)22(4)28(19-23-15-13-21(3)14-16-23)25(30)12-9-17-29(34(5,32)33)24-10-7-6-8-11-24/h6-8,10-11,13-16,20,22H,9,12,17-19H2,1-5H3,(H,27,31)/t22-/m0/s1. The molecule has 0 bridgehead atoms. The van der Waals surface area contributed by atoms with E-state index in [1.807, 2.05) is 51.1 Å². The van der Waals surface area contributed by atoms with Crippen molar-refractivity contribution in [2.75, 3.05) is 23.7 Å². The van der Waals surface area contributed by atoms with Crippen LogP contribution in [0.4, 0.5) is 5.69 Å². The molecule has 0 saturated carbocycles. The van der Waals surface area contributed by atoms with E-state index in [4.69, 9.17) is 0 Å². The van der Waals surface area contributed by atoms with E-state index in [1.54, 1.807) is 36.1 Å². The first-order valence-electron chi connectivity index (χ1n) is 11.6. The van der Waals surface area contributed by atoms with Crippen molar-refractivity contribution in [3.05, 3.63) is 65.7 Å². The Morgan fingerprint density at radius 3 is 2.15 bits per heavy atom. The van der Waals surface area contributed by atoms with Gasteiger partial charge >= 0.3 is 0 Å². The van der Waals surface area contributed by atoms with Crippen LogP contribution in [-0.2, 0) is 26.2 Å². The molecule has 0 aliphatic rings. The number of hydrogen-bond donors (Lipinski definition) is 1. The fourth-order valence-electron chi connectivity index (χ4n) is 3.52. The first kappa shape index (κ1) is 27.4. The van der Waals surface area contributed by atoms with Crippen LogP contribution < -0.4 is 9.62 Å². The summed E-state index contributed by atoms with van der Waals surface area (Å²) in [4.78, 5) is 27.6. The smallest absolute Gasteiger partial charge is 0.242 e. The summed E-state index contributed by atoms with van der Waals surface area (Å²) in [7, 11) is -3.49. The van der Waals surface area contributed by atoms with Gasteiger partial charge in [-0.25, -0.2) is 8.42 Å². The number of carbonyl (C=O) groups excluding carboxylic acids is 2. The Morgan fingerprint density at radius 1 is 0.971 bits per heavy atom. The van der Waals surface area contributed by atoms with Crippen molar-refractivity contribution in [1.29, 1.82) is 0 Å². The highest BCUT2D eigenvalue weighted by atomic mass is 32.2. The van der Waals surface area contributed by atoms with Crippen LogP contribution in [0.15, 0.2) is 54.6 Å². The number of rotatable bonds is 12. The largest absolute Gasteiger partial charge is 0.354 e. The molecule has 0 radical (unpaired) electrons. The molecule has 34 heavy (non-hydrogen) atoms. The predicted molar refractivity (Wildman–Crippen MR) is 137 cm³/mol. The highest BCUT2D eigenvalue weighted by Gasteiger charge is 2.26. The van der Waals surface area contributed by atoms with Gasteiger partial charge in [-0.1, -0.05) is 61.9 Å². The molecule has 2 aromatic carbocycles. The number of benzene rings is 2. The molecule has 1 N–H and O–H groups in total. The topological polar surface area (TPSA) is 86.8 Å². The molecule has 0 unspecified atom stereocenters. The first-order chi connectivity index (χ1) is 16.0. The quantitative estimate of drug-likeness (QED) is 0.494. The van der Waals surface area contributed by atoms with Crippen molar-refractivity contribution in [2.24, 2.45) is 5.92 Å². The van der Waals surface area contributed by atoms with Crippen LogP contribution in [-0.4, -0.2) is 50.5 Å². The predicted octanol–water partition coefficient (Wildman–Crippen LogP) is 3.73. The van der Waals surface area contributed by atoms with E-state index in [-0.39, 0.29) is 24.8 Å². The summed E-state index contributed by atoms with van der Waals surface area (Å²) in [6.45, 7) is 8.78. The zero-order chi connectivity index (χ0) is 25.3. The van der Waals surface area contributed by atoms with E-state index in [0.717, 1.165) is 17.4 Å². The zero-order valence-corrected chi connectivity index (χ0v) is 21.6. The zero-order valence-electron chi connectivity index (χ0n) is 20.8. The van der Waals surface area contributed by atoms with Crippen molar-refractivity contribution in [2.45, 2.75) is 53.1 Å². The first-order valence-corrected chi connectivity index (χ1v) is 13.5. The number of aryl methyl sites for hydroxylation is 1. The van der Waals surface area contributed by atoms with Crippen LogP contribution >= 0.6 is 0 Å². The maximum absolute atomic E-state index is 13.2. The van der Waals surface area contributed by atoms with Gasteiger partial charge in [-0.2, -0.15) is 0 Å². The van der Waals surface area contributed by atoms with E-state index in [1.165, 1.54) is 4.31 Å². The lowest BCUT2D eigenvalue weighted by atomic mass is 10.1. The molecule has 0 fully saturated rings. The number of carbonyl (C=O) groups is 2. The van der Waals surface area contributed by atoms with Crippen molar-refractivity contribution < 1.29 is 18.0 Å². The Bertz CT molecular complexity index is 1040. The second kappa shape index (κ2) is 12.6. The number of nitrogens with one attached hydrogen (secondary N) is 1. The Hall–Kier alpha value is -2.87. The molecule has 0 aliphatic carbocycles. The summed E-state index contributed by atoms with van der Waals surface area (Å²) in [6.07, 6.45) is 1.63. The van der Waals surface area contributed by atoms with E-state index in [2.05, 4.69) is 5.32 Å². The SMILES string of the molecule is Cc1ccc(CN(C(=O)CCCN(c2ccccc2)S(C)(=O)=O)[C@@H](C)C(=O)NCC(C)C)cc1. The molecule has 2 aromatic rings. The van der Waals surface area contributed by atoms with Gasteiger partial charge in [-0.15, -0.1) is 0 Å². The van der Waals surface area contributed by atoms with Gasteiger partial charge in [0, 0.05) is 26.1 Å². The Balaban J connectivity index is 2.13. The van der Waals surface area contributed by atoms with E-state index >= 15 is 0 Å². The summed E-state index contributed by atoms with van der Waals surface area (Å²) >= 11 is 0. The van der Waals surface area contributed by atoms with Crippen LogP contribution in [0.25, 0.3) is 0 Å². The number of para-hydroxylation sites is 1. The maximum Gasteiger partial charge on any atom is 0.242 e. The van der Waals surface area contributed by atoms with Gasteiger partial charge < -0.3 is 10.2 Å². The van der Waals surface area contributed by atoms with Crippen LogP contribution in [0, 0.1) is 12.8 Å². The highest BCUT2D eigenvalue weighted by molar-refractivity contribution is 7.92. The lowest BCUT2D eigenvalue weighted by Gasteiger charge is -2.29. The summed E-state index contributed by atoms with van der Waals surface area (Å²) in [6, 6.07) is 16.1. The minimum atomic E-state index is -3.49. The fourth-order valence-corrected chi connectivity index (χ4v) is 4.49. The summed E-state index contributed by atoms with van der Waals surface area (Å²) in [5.74, 6) is -0.0807. The highest BCUT2D eigenvalue weighted by Crippen LogP contribution is 2.18. The number of hydrogen-bond acceptors (Lipinski definition) is 4. The molecular formula is C26H37N3O4S. The summed E-state index contributed by atoms with van der Waals surface area (Å²) < 4.78 is 25.9. The molecule has 0 saturated heterocycles. The molecule has 7 nitrogen and oxygen atoms in total. The van der Waals surface area contributed by atoms with Crippen LogP contribution in [0.5, 0.6) is 0 Å². The number of anilines is 1. The fraction of sp³-hybridized carbons (Fsp3) is 0.462. The minimum absolute atomic E-state index is 0.131. The van der Waals surface area contributed by atoms with Crippen molar-refractivity contribution in [3.8, 4) is 0 Å². The second-order valence-electron chi connectivity index (χ2n) is 9.10. The third kappa shape index (κ3) is 8.48. The maximum atomic E-state index is 13.2. The van der Waals surface area contributed by atoms with Gasteiger partial charge in [0.1, 0.15) is 6.04 Å². The van der Waals surface area contributed by atoms with Crippen LogP contribution in [0.2, 0.25) is 0 Å². The van der Waals surface area contributed by atoms with Crippen LogP contribution in [0.3, 0.4) is 0 Å². The molecule has 1 atom stereocenters. The van der Waals surface area contributed by atoms with Crippen molar-refractivity contribution >= 4 is 27.5 Å². The van der Waals surface area contributed by atoms with Crippen molar-refractivity contribution in [1.82, 2.24) is 10.2 Å².